The first-order valence-electron chi connectivity index (χ1n) is 6.09. The highest BCUT2D eigenvalue weighted by Crippen LogP contribution is 2.26. The number of nitrogens with zero attached hydrogens (tertiary/aromatic N) is 3. The lowest BCUT2D eigenvalue weighted by atomic mass is 10.4. The first kappa shape index (κ1) is 12.6. The second-order valence-electron chi connectivity index (χ2n) is 4.49. The molecule has 1 aromatic rings. The minimum atomic E-state index is -1.06. The summed E-state index contributed by atoms with van der Waals surface area (Å²) in [5.41, 5.74) is 0.0627. The zero-order valence-electron chi connectivity index (χ0n) is 10.6. The number of aromatic nitrogens is 2. The van der Waals surface area contributed by atoms with Crippen LogP contribution in [0.3, 0.4) is 0 Å². The Morgan fingerprint density at radius 2 is 2.22 bits per heavy atom. The molecule has 1 saturated carbocycles. The van der Waals surface area contributed by atoms with E-state index in [0.29, 0.717) is 18.4 Å². The maximum Gasteiger partial charge on any atom is 0.354 e. The summed E-state index contributed by atoms with van der Waals surface area (Å²) in [5.74, 6) is -0.547. The molecule has 0 saturated heterocycles. The molecule has 0 aromatic carbocycles. The number of aromatic carboxylic acids is 1. The standard InChI is InChI=1S/C12H17N3O3/c1-3-14(9-4-5-9)11(16)7-15-8(2)13-6-10(15)12(17)18/h6,9H,3-5,7H2,1-2H3,(H,17,18). The highest BCUT2D eigenvalue weighted by molar-refractivity contribution is 5.86. The van der Waals surface area contributed by atoms with E-state index in [1.54, 1.807) is 6.92 Å². The van der Waals surface area contributed by atoms with Crippen LogP contribution >= 0.6 is 0 Å². The van der Waals surface area contributed by atoms with E-state index in [-0.39, 0.29) is 18.1 Å². The largest absolute Gasteiger partial charge is 0.477 e. The van der Waals surface area contributed by atoms with Crippen molar-refractivity contribution in [3.8, 4) is 0 Å². The summed E-state index contributed by atoms with van der Waals surface area (Å²) in [6.45, 7) is 4.36. The number of carbonyl (C=O) groups is 2. The molecule has 98 valence electrons. The van der Waals surface area contributed by atoms with Gasteiger partial charge in [0, 0.05) is 12.6 Å². The molecule has 1 heterocycles. The van der Waals surface area contributed by atoms with Gasteiger partial charge in [-0.25, -0.2) is 9.78 Å². The fourth-order valence-corrected chi connectivity index (χ4v) is 2.09. The topological polar surface area (TPSA) is 75.4 Å². The number of carboxylic acid groups (broad SMARTS) is 1. The van der Waals surface area contributed by atoms with Gasteiger partial charge in [-0.15, -0.1) is 0 Å². The maximum atomic E-state index is 12.1. The lowest BCUT2D eigenvalue weighted by molar-refractivity contribution is -0.132. The maximum absolute atomic E-state index is 12.1. The van der Waals surface area contributed by atoms with E-state index < -0.39 is 5.97 Å². The third kappa shape index (κ3) is 2.37. The summed E-state index contributed by atoms with van der Waals surface area (Å²) < 4.78 is 1.45. The van der Waals surface area contributed by atoms with Gasteiger partial charge in [-0.2, -0.15) is 0 Å². The van der Waals surface area contributed by atoms with Gasteiger partial charge in [0.2, 0.25) is 5.91 Å². The second-order valence-corrected chi connectivity index (χ2v) is 4.49. The third-order valence-corrected chi connectivity index (χ3v) is 3.22. The van der Waals surface area contributed by atoms with Crippen LogP contribution in [0.5, 0.6) is 0 Å². The molecule has 0 aliphatic heterocycles. The van der Waals surface area contributed by atoms with Crippen molar-refractivity contribution in [2.24, 2.45) is 0 Å². The van der Waals surface area contributed by atoms with Gasteiger partial charge in [-0.1, -0.05) is 0 Å². The summed E-state index contributed by atoms with van der Waals surface area (Å²) in [6, 6.07) is 0.347. The zero-order valence-corrected chi connectivity index (χ0v) is 10.6. The number of amides is 1. The quantitative estimate of drug-likeness (QED) is 0.843. The number of imidazole rings is 1. The van der Waals surface area contributed by atoms with Crippen molar-refractivity contribution in [2.45, 2.75) is 39.3 Å². The summed E-state index contributed by atoms with van der Waals surface area (Å²) in [5, 5.41) is 9.02. The number of hydrogen-bond acceptors (Lipinski definition) is 3. The Hall–Kier alpha value is -1.85. The second kappa shape index (κ2) is 4.80. The number of rotatable bonds is 5. The van der Waals surface area contributed by atoms with Crippen molar-refractivity contribution in [3.05, 3.63) is 17.7 Å². The van der Waals surface area contributed by atoms with Gasteiger partial charge in [-0.05, 0) is 26.7 Å². The molecular weight excluding hydrogens is 234 g/mol. The molecule has 6 nitrogen and oxygen atoms in total. The summed E-state index contributed by atoms with van der Waals surface area (Å²) >= 11 is 0. The van der Waals surface area contributed by atoms with Crippen LogP contribution in [0.4, 0.5) is 0 Å². The molecule has 6 heteroatoms. The summed E-state index contributed by atoms with van der Waals surface area (Å²) in [7, 11) is 0. The van der Waals surface area contributed by atoms with Crippen LogP contribution in [0.15, 0.2) is 6.20 Å². The van der Waals surface area contributed by atoms with Crippen LogP contribution in [-0.4, -0.2) is 44.0 Å². The lowest BCUT2D eigenvalue weighted by Gasteiger charge is -2.21. The lowest BCUT2D eigenvalue weighted by Crippen LogP contribution is -2.36. The van der Waals surface area contributed by atoms with E-state index in [4.69, 9.17) is 5.11 Å². The Labute approximate surface area is 105 Å². The van der Waals surface area contributed by atoms with Crippen molar-refractivity contribution in [3.63, 3.8) is 0 Å². The smallest absolute Gasteiger partial charge is 0.354 e. The number of carboxylic acids is 1. The Kier molecular flexibility index (Phi) is 3.36. The van der Waals surface area contributed by atoms with E-state index in [1.165, 1.54) is 10.8 Å². The van der Waals surface area contributed by atoms with Gasteiger partial charge >= 0.3 is 5.97 Å². The molecule has 0 bridgehead atoms. The van der Waals surface area contributed by atoms with Crippen LogP contribution in [0.1, 0.15) is 36.1 Å². The van der Waals surface area contributed by atoms with E-state index in [2.05, 4.69) is 4.98 Å². The van der Waals surface area contributed by atoms with Crippen LogP contribution < -0.4 is 0 Å². The molecule has 1 fully saturated rings. The van der Waals surface area contributed by atoms with Gasteiger partial charge in [0.25, 0.3) is 0 Å². The summed E-state index contributed by atoms with van der Waals surface area (Å²) in [4.78, 5) is 28.9. The van der Waals surface area contributed by atoms with E-state index in [0.717, 1.165) is 12.8 Å². The van der Waals surface area contributed by atoms with Gasteiger partial charge in [-0.3, -0.25) is 4.79 Å². The predicted octanol–water partition coefficient (Wildman–Crippen LogP) is 0.901. The molecule has 1 N–H and O–H groups in total. The van der Waals surface area contributed by atoms with Gasteiger partial charge in [0.15, 0.2) is 0 Å². The van der Waals surface area contributed by atoms with Crippen molar-refractivity contribution in [1.82, 2.24) is 14.5 Å². The normalized spacial score (nSPS) is 14.6. The molecule has 0 unspecified atom stereocenters. The molecular formula is C12H17N3O3. The van der Waals surface area contributed by atoms with Crippen molar-refractivity contribution in [2.75, 3.05) is 6.54 Å². The average molecular weight is 251 g/mol. The zero-order chi connectivity index (χ0) is 13.3. The first-order valence-corrected chi connectivity index (χ1v) is 6.09. The highest BCUT2D eigenvalue weighted by Gasteiger charge is 2.31. The van der Waals surface area contributed by atoms with Crippen molar-refractivity contribution < 1.29 is 14.7 Å². The average Bonchev–Trinajstić information content (AvgIpc) is 3.06. The van der Waals surface area contributed by atoms with Gasteiger partial charge < -0.3 is 14.6 Å². The number of hydrogen-bond donors (Lipinski definition) is 1. The Balaban J connectivity index is 2.15. The highest BCUT2D eigenvalue weighted by atomic mass is 16.4. The molecule has 0 spiro atoms. The molecule has 0 atom stereocenters. The van der Waals surface area contributed by atoms with Crippen molar-refractivity contribution in [1.29, 1.82) is 0 Å². The molecule has 1 aliphatic carbocycles. The monoisotopic (exact) mass is 251 g/mol. The fourth-order valence-electron chi connectivity index (χ4n) is 2.09. The van der Waals surface area contributed by atoms with E-state index in [9.17, 15) is 9.59 Å². The predicted molar refractivity (Wildman–Crippen MR) is 64.3 cm³/mol. The van der Waals surface area contributed by atoms with Gasteiger partial charge in [0.1, 0.15) is 18.1 Å². The molecule has 1 amide bonds. The third-order valence-electron chi connectivity index (χ3n) is 3.22. The van der Waals surface area contributed by atoms with Crippen molar-refractivity contribution >= 4 is 11.9 Å². The SMILES string of the molecule is CCN(C(=O)Cn1c(C(=O)O)cnc1C)C1CC1. The van der Waals surface area contributed by atoms with Crippen LogP contribution in [0.2, 0.25) is 0 Å². The van der Waals surface area contributed by atoms with Crippen LogP contribution in [0, 0.1) is 6.92 Å². The number of likely N-dealkylation sites (N-methyl/N-ethyl adjacent to an activating group) is 1. The van der Waals surface area contributed by atoms with Crippen LogP contribution in [0.25, 0.3) is 0 Å². The fraction of sp³-hybridized carbons (Fsp3) is 0.583. The Bertz CT molecular complexity index is 477. The van der Waals surface area contributed by atoms with Crippen LogP contribution in [-0.2, 0) is 11.3 Å². The minimum Gasteiger partial charge on any atom is -0.477 e. The first-order chi connectivity index (χ1) is 8.54. The molecule has 2 rings (SSSR count). The Morgan fingerprint density at radius 3 is 2.72 bits per heavy atom. The molecule has 0 radical (unpaired) electrons. The van der Waals surface area contributed by atoms with E-state index in [1.807, 2.05) is 11.8 Å². The number of carbonyl (C=O) groups excluding carboxylic acids is 1. The molecule has 18 heavy (non-hydrogen) atoms. The number of aryl methyl sites for hydroxylation is 1. The molecule has 1 aliphatic rings. The van der Waals surface area contributed by atoms with Gasteiger partial charge in [0.05, 0.1) is 6.20 Å². The Morgan fingerprint density at radius 1 is 1.56 bits per heavy atom. The molecule has 1 aromatic heterocycles. The minimum absolute atomic E-state index is 0.0383. The summed E-state index contributed by atoms with van der Waals surface area (Å²) in [6.07, 6.45) is 3.39. The van der Waals surface area contributed by atoms with E-state index >= 15 is 0 Å².